The molecule has 6 nitrogen and oxygen atoms in total. The average molecular weight is 417 g/mol. The van der Waals surface area contributed by atoms with Gasteiger partial charge in [-0.05, 0) is 17.5 Å². The van der Waals surface area contributed by atoms with Crippen molar-refractivity contribution in [3.05, 3.63) is 65.2 Å². The molecule has 2 aromatic rings. The zero-order chi connectivity index (χ0) is 21.3. The van der Waals surface area contributed by atoms with E-state index < -0.39 is 17.4 Å². The fourth-order valence-electron chi connectivity index (χ4n) is 6.82. The van der Waals surface area contributed by atoms with Crippen LogP contribution in [0.3, 0.4) is 0 Å². The lowest BCUT2D eigenvalue weighted by molar-refractivity contribution is -0.948. The molecule has 4 aliphatic heterocycles. The second-order valence-electron chi connectivity index (χ2n) is 9.23. The number of carbonyl (C=O) groups is 3. The molecule has 6 rings (SSSR count). The molecule has 4 aliphatic rings. The number of benzene rings is 2. The van der Waals surface area contributed by atoms with Crippen molar-refractivity contribution in [2.24, 2.45) is 11.8 Å². The highest BCUT2D eigenvalue weighted by Gasteiger charge is 2.78. The van der Waals surface area contributed by atoms with Crippen molar-refractivity contribution in [3.63, 3.8) is 0 Å². The molecule has 31 heavy (non-hydrogen) atoms. The Hall–Kier alpha value is -2.99. The van der Waals surface area contributed by atoms with Gasteiger partial charge in [-0.25, -0.2) is 0 Å². The Morgan fingerprint density at radius 1 is 1.06 bits per heavy atom. The van der Waals surface area contributed by atoms with Gasteiger partial charge in [0.25, 0.3) is 5.91 Å². The standard InChI is InChI=1S/C25H25N3O3/c1-2-16-10-6-11-17-21(16)26-24(31)25(17)20-19(18-12-7-13-28(18)25)22(29)27(23(20)30)14-15-8-4-3-5-9-15/h3-6,8-11,18-20H,2,7,12-14H2,1H3,(H,26,31)/p+1/t18-,19+,20-,25+/m0/s1. The van der Waals surface area contributed by atoms with Crippen LogP contribution in [0.4, 0.5) is 5.69 Å². The highest BCUT2D eigenvalue weighted by Crippen LogP contribution is 2.52. The van der Waals surface area contributed by atoms with Crippen molar-refractivity contribution in [1.29, 1.82) is 0 Å². The maximum Gasteiger partial charge on any atom is 0.291 e. The predicted molar refractivity (Wildman–Crippen MR) is 114 cm³/mol. The van der Waals surface area contributed by atoms with Crippen LogP contribution in [0.15, 0.2) is 48.5 Å². The molecule has 3 fully saturated rings. The SMILES string of the molecule is CCc1cccc2c1NC(=O)[C@]21[C@@H]2C(=O)N(Cc3ccccc3)C(=O)[C@@H]2[C@@H]2CCC[NH+]21. The molecule has 4 heterocycles. The summed E-state index contributed by atoms with van der Waals surface area (Å²) >= 11 is 0. The predicted octanol–water partition coefficient (Wildman–Crippen LogP) is 1.26. The molecule has 6 heteroatoms. The summed E-state index contributed by atoms with van der Waals surface area (Å²) < 4.78 is 0. The van der Waals surface area contributed by atoms with E-state index in [2.05, 4.69) is 12.2 Å². The van der Waals surface area contributed by atoms with Crippen molar-refractivity contribution in [2.45, 2.75) is 44.3 Å². The topological polar surface area (TPSA) is 70.9 Å². The molecule has 1 spiro atoms. The van der Waals surface area contributed by atoms with Gasteiger partial charge in [0, 0.05) is 18.4 Å². The van der Waals surface area contributed by atoms with Crippen LogP contribution in [0.5, 0.6) is 0 Å². The molecule has 3 amide bonds. The van der Waals surface area contributed by atoms with Crippen molar-refractivity contribution in [1.82, 2.24) is 4.90 Å². The lowest BCUT2D eigenvalue weighted by Crippen LogP contribution is -3.19. The number of amides is 3. The molecule has 158 valence electrons. The monoisotopic (exact) mass is 416 g/mol. The fraction of sp³-hybridized carbons (Fsp3) is 0.400. The summed E-state index contributed by atoms with van der Waals surface area (Å²) in [4.78, 5) is 43.6. The number of rotatable bonds is 3. The lowest BCUT2D eigenvalue weighted by atomic mass is 9.75. The molecular formula is C25H26N3O3+. The summed E-state index contributed by atoms with van der Waals surface area (Å²) in [5.41, 5.74) is 2.78. The third-order valence-electron chi connectivity index (χ3n) is 7.99. The number of nitrogens with zero attached hydrogens (tertiary/aromatic N) is 1. The molecule has 0 aromatic heterocycles. The minimum absolute atomic E-state index is 0.0178. The number of carbonyl (C=O) groups excluding carboxylic acids is 3. The Balaban J connectivity index is 1.50. The van der Waals surface area contributed by atoms with Gasteiger partial charge in [-0.15, -0.1) is 0 Å². The molecule has 0 radical (unpaired) electrons. The van der Waals surface area contributed by atoms with E-state index in [-0.39, 0.29) is 30.3 Å². The number of fused-ring (bicyclic) bond motifs is 7. The smallest absolute Gasteiger partial charge is 0.291 e. The Bertz CT molecular complexity index is 1110. The molecule has 0 aliphatic carbocycles. The summed E-state index contributed by atoms with van der Waals surface area (Å²) in [5.74, 6) is -1.45. The highest BCUT2D eigenvalue weighted by molar-refractivity contribution is 6.14. The number of hydrogen-bond acceptors (Lipinski definition) is 3. The Labute approximate surface area is 181 Å². The maximum atomic E-state index is 13.8. The van der Waals surface area contributed by atoms with Gasteiger partial charge in [-0.3, -0.25) is 19.3 Å². The Morgan fingerprint density at radius 3 is 2.65 bits per heavy atom. The van der Waals surface area contributed by atoms with Crippen LogP contribution in [-0.4, -0.2) is 35.2 Å². The molecule has 0 saturated carbocycles. The maximum absolute atomic E-state index is 13.8. The largest absolute Gasteiger partial charge is 0.320 e. The number of aryl methyl sites for hydroxylation is 1. The molecule has 3 saturated heterocycles. The minimum atomic E-state index is -0.996. The number of hydrogen-bond donors (Lipinski definition) is 2. The third-order valence-corrected chi connectivity index (χ3v) is 7.99. The van der Waals surface area contributed by atoms with Crippen LogP contribution >= 0.6 is 0 Å². The van der Waals surface area contributed by atoms with Crippen LogP contribution in [0, 0.1) is 11.8 Å². The lowest BCUT2D eigenvalue weighted by Gasteiger charge is -2.33. The van der Waals surface area contributed by atoms with Crippen LogP contribution in [-0.2, 0) is 32.9 Å². The van der Waals surface area contributed by atoms with Crippen LogP contribution < -0.4 is 10.2 Å². The van der Waals surface area contributed by atoms with E-state index in [1.807, 2.05) is 48.5 Å². The number of likely N-dealkylation sites (tertiary alicyclic amines) is 1. The van der Waals surface area contributed by atoms with Crippen LogP contribution in [0.2, 0.25) is 0 Å². The van der Waals surface area contributed by atoms with Gasteiger partial charge in [-0.1, -0.05) is 55.5 Å². The van der Waals surface area contributed by atoms with Crippen molar-refractivity contribution < 1.29 is 19.3 Å². The molecule has 2 N–H and O–H groups in total. The zero-order valence-electron chi connectivity index (χ0n) is 17.6. The Morgan fingerprint density at radius 2 is 1.87 bits per heavy atom. The summed E-state index contributed by atoms with van der Waals surface area (Å²) in [6.07, 6.45) is 2.66. The first kappa shape index (κ1) is 18.8. The number of para-hydroxylation sites is 1. The summed E-state index contributed by atoms with van der Waals surface area (Å²) in [5, 5.41) is 3.13. The third kappa shape index (κ3) is 2.23. The van der Waals surface area contributed by atoms with E-state index in [9.17, 15) is 14.4 Å². The zero-order valence-corrected chi connectivity index (χ0v) is 17.6. The molecule has 5 atom stereocenters. The van der Waals surface area contributed by atoms with Gasteiger partial charge in [0.15, 0.2) is 0 Å². The number of imide groups is 1. The highest BCUT2D eigenvalue weighted by atomic mass is 16.2. The van der Waals surface area contributed by atoms with Gasteiger partial charge in [0.1, 0.15) is 17.9 Å². The fourth-order valence-corrected chi connectivity index (χ4v) is 6.82. The van der Waals surface area contributed by atoms with Gasteiger partial charge in [0.2, 0.25) is 17.4 Å². The van der Waals surface area contributed by atoms with Gasteiger partial charge >= 0.3 is 0 Å². The normalized spacial score (nSPS) is 33.1. The van der Waals surface area contributed by atoms with E-state index in [0.29, 0.717) is 0 Å². The molecule has 1 unspecified atom stereocenters. The van der Waals surface area contributed by atoms with Gasteiger partial charge in [-0.2, -0.15) is 0 Å². The van der Waals surface area contributed by atoms with E-state index >= 15 is 0 Å². The van der Waals surface area contributed by atoms with E-state index in [4.69, 9.17) is 0 Å². The van der Waals surface area contributed by atoms with Crippen LogP contribution in [0.1, 0.15) is 36.5 Å². The van der Waals surface area contributed by atoms with Crippen molar-refractivity contribution in [2.75, 3.05) is 11.9 Å². The number of quaternary nitrogens is 1. The molecule has 2 aromatic carbocycles. The first-order chi connectivity index (χ1) is 15.1. The number of anilines is 1. The summed E-state index contributed by atoms with van der Waals surface area (Å²) in [6.45, 7) is 3.16. The van der Waals surface area contributed by atoms with E-state index in [1.165, 1.54) is 4.90 Å². The second kappa shape index (κ2) is 6.50. The van der Waals surface area contributed by atoms with Crippen molar-refractivity contribution >= 4 is 23.4 Å². The van der Waals surface area contributed by atoms with Gasteiger partial charge in [0.05, 0.1) is 18.8 Å². The Kier molecular flexibility index (Phi) is 3.93. The first-order valence-corrected chi connectivity index (χ1v) is 11.3. The number of nitrogens with one attached hydrogen (secondary N) is 2. The van der Waals surface area contributed by atoms with E-state index in [1.54, 1.807) is 0 Å². The summed E-state index contributed by atoms with van der Waals surface area (Å²) in [6, 6.07) is 15.7. The first-order valence-electron chi connectivity index (χ1n) is 11.3. The molecular weight excluding hydrogens is 390 g/mol. The molecule has 0 bridgehead atoms. The second-order valence-corrected chi connectivity index (χ2v) is 9.23. The van der Waals surface area contributed by atoms with Gasteiger partial charge < -0.3 is 10.2 Å². The van der Waals surface area contributed by atoms with Crippen molar-refractivity contribution in [3.8, 4) is 0 Å². The van der Waals surface area contributed by atoms with E-state index in [0.717, 1.165) is 53.1 Å². The minimum Gasteiger partial charge on any atom is -0.320 e. The average Bonchev–Trinajstić information content (AvgIpc) is 3.49. The quantitative estimate of drug-likeness (QED) is 0.740. The summed E-state index contributed by atoms with van der Waals surface area (Å²) in [7, 11) is 0. The van der Waals surface area contributed by atoms with Crippen LogP contribution in [0.25, 0.3) is 0 Å².